The van der Waals surface area contributed by atoms with Gasteiger partial charge in [-0.25, -0.2) is 0 Å². The number of aliphatic hydroxyl groups excluding tert-OH is 1. The Morgan fingerprint density at radius 3 is 2.50 bits per heavy atom. The van der Waals surface area contributed by atoms with Gasteiger partial charge in [0.15, 0.2) is 0 Å². The summed E-state index contributed by atoms with van der Waals surface area (Å²) < 4.78 is 0. The number of rotatable bonds is 7. The quantitative estimate of drug-likeness (QED) is 0.597. The molecule has 1 saturated carbocycles. The van der Waals surface area contributed by atoms with Crippen molar-refractivity contribution >= 4 is 18.5 Å². The van der Waals surface area contributed by atoms with Crippen LogP contribution in [-0.2, 0) is 4.79 Å². The molecule has 4 heteroatoms. The first-order valence-electron chi connectivity index (χ1n) is 6.04. The van der Waals surface area contributed by atoms with Crippen LogP contribution in [0.4, 0.5) is 0 Å². The van der Waals surface area contributed by atoms with Crippen LogP contribution in [-0.4, -0.2) is 29.4 Å². The Balaban J connectivity index is 2.36. The van der Waals surface area contributed by atoms with E-state index in [0.29, 0.717) is 18.8 Å². The van der Waals surface area contributed by atoms with Crippen LogP contribution in [0.15, 0.2) is 0 Å². The Bertz CT molecular complexity index is 239. The molecule has 0 aromatic heterocycles. The lowest BCUT2D eigenvalue weighted by Crippen LogP contribution is -2.40. The van der Waals surface area contributed by atoms with E-state index in [2.05, 4.69) is 31.8 Å². The topological polar surface area (TPSA) is 49.3 Å². The molecule has 16 heavy (non-hydrogen) atoms. The lowest BCUT2D eigenvalue weighted by atomic mass is 9.99. The minimum absolute atomic E-state index is 0.0909. The second-order valence-corrected chi connectivity index (χ2v) is 5.58. The average molecular weight is 245 g/mol. The number of hydrogen-bond acceptors (Lipinski definition) is 3. The summed E-state index contributed by atoms with van der Waals surface area (Å²) in [6, 6.07) is 0.0909. The molecule has 0 radical (unpaired) electrons. The van der Waals surface area contributed by atoms with Crippen molar-refractivity contribution in [3.8, 4) is 0 Å². The van der Waals surface area contributed by atoms with E-state index in [-0.39, 0.29) is 24.0 Å². The molecule has 1 unspecified atom stereocenters. The van der Waals surface area contributed by atoms with Gasteiger partial charge in [-0.3, -0.25) is 4.79 Å². The Morgan fingerprint density at radius 1 is 1.50 bits per heavy atom. The molecule has 0 bridgehead atoms. The molecule has 0 aromatic carbocycles. The van der Waals surface area contributed by atoms with Gasteiger partial charge < -0.3 is 10.4 Å². The Morgan fingerprint density at radius 2 is 2.12 bits per heavy atom. The first-order valence-corrected chi connectivity index (χ1v) is 6.67. The van der Waals surface area contributed by atoms with Crippen LogP contribution in [0.25, 0.3) is 0 Å². The summed E-state index contributed by atoms with van der Waals surface area (Å²) in [6.45, 7) is 4.25. The molecular formula is C12H23NO2S. The Labute approximate surface area is 103 Å². The summed E-state index contributed by atoms with van der Waals surface area (Å²) in [5, 5.41) is 11.9. The van der Waals surface area contributed by atoms with E-state index in [9.17, 15) is 4.79 Å². The third-order valence-electron chi connectivity index (χ3n) is 3.42. The molecule has 0 aromatic rings. The van der Waals surface area contributed by atoms with Crippen LogP contribution in [0.1, 0.15) is 39.5 Å². The fourth-order valence-corrected chi connectivity index (χ4v) is 2.31. The van der Waals surface area contributed by atoms with E-state index in [1.807, 2.05) is 0 Å². The van der Waals surface area contributed by atoms with Crippen molar-refractivity contribution in [3.63, 3.8) is 0 Å². The number of amides is 1. The van der Waals surface area contributed by atoms with Gasteiger partial charge in [-0.05, 0) is 36.3 Å². The van der Waals surface area contributed by atoms with Gasteiger partial charge in [0, 0.05) is 19.1 Å². The summed E-state index contributed by atoms with van der Waals surface area (Å²) in [7, 11) is 0. The molecule has 94 valence electrons. The van der Waals surface area contributed by atoms with E-state index >= 15 is 0 Å². The molecule has 1 aliphatic carbocycles. The fourth-order valence-electron chi connectivity index (χ4n) is 1.88. The summed E-state index contributed by atoms with van der Waals surface area (Å²) >= 11 is 4.29. The van der Waals surface area contributed by atoms with Crippen LogP contribution in [0.3, 0.4) is 0 Å². The average Bonchev–Trinajstić information content (AvgIpc) is 2.97. The largest absolute Gasteiger partial charge is 0.396 e. The van der Waals surface area contributed by atoms with E-state index in [1.165, 1.54) is 0 Å². The van der Waals surface area contributed by atoms with Crippen molar-refractivity contribution in [1.82, 2.24) is 5.32 Å². The lowest BCUT2D eigenvalue weighted by Gasteiger charge is -2.22. The molecule has 0 aliphatic heterocycles. The highest BCUT2D eigenvalue weighted by Gasteiger charge is 2.43. The normalized spacial score (nSPS) is 19.6. The minimum atomic E-state index is 0.0909. The van der Waals surface area contributed by atoms with Crippen LogP contribution < -0.4 is 5.32 Å². The first kappa shape index (κ1) is 13.8. The zero-order chi connectivity index (χ0) is 12.2. The first-order chi connectivity index (χ1) is 7.53. The summed E-state index contributed by atoms with van der Waals surface area (Å²) in [5.74, 6) is 1.27. The highest BCUT2D eigenvalue weighted by molar-refractivity contribution is 7.80. The Hall–Kier alpha value is -0.220. The third kappa shape index (κ3) is 3.98. The van der Waals surface area contributed by atoms with E-state index in [0.717, 1.165) is 18.6 Å². The number of carbonyl (C=O) groups is 1. The predicted octanol–water partition coefficient (Wildman–Crippen LogP) is 1.61. The van der Waals surface area contributed by atoms with Crippen molar-refractivity contribution in [1.29, 1.82) is 0 Å². The van der Waals surface area contributed by atoms with Crippen molar-refractivity contribution in [2.24, 2.45) is 11.3 Å². The number of thiol groups is 1. The van der Waals surface area contributed by atoms with Gasteiger partial charge >= 0.3 is 0 Å². The van der Waals surface area contributed by atoms with Gasteiger partial charge in [-0.2, -0.15) is 12.6 Å². The molecule has 2 N–H and O–H groups in total. The fraction of sp³-hybridized carbons (Fsp3) is 0.917. The minimum Gasteiger partial charge on any atom is -0.396 e. The highest BCUT2D eigenvalue weighted by Crippen LogP contribution is 2.49. The van der Waals surface area contributed by atoms with Gasteiger partial charge in [0.1, 0.15) is 0 Å². The smallest absolute Gasteiger partial charge is 0.220 e. The summed E-state index contributed by atoms with van der Waals surface area (Å²) in [4.78, 5) is 11.8. The number of carbonyl (C=O) groups excluding carboxylic acids is 1. The van der Waals surface area contributed by atoms with E-state index in [1.54, 1.807) is 0 Å². The van der Waals surface area contributed by atoms with Gasteiger partial charge in [-0.1, -0.05) is 13.8 Å². The van der Waals surface area contributed by atoms with Crippen molar-refractivity contribution < 1.29 is 9.90 Å². The van der Waals surface area contributed by atoms with Crippen LogP contribution in [0.5, 0.6) is 0 Å². The van der Waals surface area contributed by atoms with Crippen LogP contribution >= 0.6 is 12.6 Å². The number of hydrogen-bond donors (Lipinski definition) is 3. The molecule has 0 saturated heterocycles. The highest BCUT2D eigenvalue weighted by atomic mass is 32.1. The van der Waals surface area contributed by atoms with Crippen molar-refractivity contribution in [3.05, 3.63) is 0 Å². The van der Waals surface area contributed by atoms with Crippen LogP contribution in [0.2, 0.25) is 0 Å². The zero-order valence-corrected chi connectivity index (χ0v) is 11.1. The summed E-state index contributed by atoms with van der Waals surface area (Å²) in [5.41, 5.74) is 0.175. The maximum absolute atomic E-state index is 11.8. The van der Waals surface area contributed by atoms with Gasteiger partial charge in [0.2, 0.25) is 5.91 Å². The molecule has 3 nitrogen and oxygen atoms in total. The molecule has 1 fully saturated rings. The maximum atomic E-state index is 11.8. The van der Waals surface area contributed by atoms with Gasteiger partial charge in [-0.15, -0.1) is 0 Å². The molecule has 1 aliphatic rings. The second-order valence-electron chi connectivity index (χ2n) is 5.27. The number of aliphatic hydroxyl groups is 1. The third-order valence-corrected chi connectivity index (χ3v) is 4.09. The monoisotopic (exact) mass is 245 g/mol. The molecule has 1 amide bonds. The SMILES string of the molecule is CC(C)C(CCO)NC(=O)CC1(CS)CC1. The van der Waals surface area contributed by atoms with Gasteiger partial charge in [0.25, 0.3) is 0 Å². The molecule has 0 heterocycles. The lowest BCUT2D eigenvalue weighted by molar-refractivity contribution is -0.123. The molecule has 1 rings (SSSR count). The summed E-state index contributed by atoms with van der Waals surface area (Å²) in [6.07, 6.45) is 3.47. The van der Waals surface area contributed by atoms with E-state index < -0.39 is 0 Å². The van der Waals surface area contributed by atoms with Gasteiger partial charge in [0.05, 0.1) is 0 Å². The maximum Gasteiger partial charge on any atom is 0.220 e. The molecule has 0 spiro atoms. The van der Waals surface area contributed by atoms with Crippen molar-refractivity contribution in [2.75, 3.05) is 12.4 Å². The standard InChI is InChI=1S/C12H23NO2S/c1-9(2)10(3-6-14)13-11(15)7-12(8-16)4-5-12/h9-10,14,16H,3-8H2,1-2H3,(H,13,15). The Kier molecular flexibility index (Phi) is 5.12. The molecular weight excluding hydrogens is 222 g/mol. The predicted molar refractivity (Wildman–Crippen MR) is 68.6 cm³/mol. The molecule has 1 atom stereocenters. The van der Waals surface area contributed by atoms with Crippen LogP contribution in [0, 0.1) is 11.3 Å². The van der Waals surface area contributed by atoms with E-state index in [4.69, 9.17) is 5.11 Å². The number of nitrogens with one attached hydrogen (secondary N) is 1. The second kappa shape index (κ2) is 5.92. The zero-order valence-electron chi connectivity index (χ0n) is 10.2. The van der Waals surface area contributed by atoms with Crippen molar-refractivity contribution in [2.45, 2.75) is 45.6 Å².